The summed E-state index contributed by atoms with van der Waals surface area (Å²) in [5.74, 6) is 0.126. The van der Waals surface area contributed by atoms with E-state index in [4.69, 9.17) is 4.74 Å². The maximum atomic E-state index is 11.6. The summed E-state index contributed by atoms with van der Waals surface area (Å²) in [6.45, 7) is 1.68. The molecule has 0 saturated carbocycles. The summed E-state index contributed by atoms with van der Waals surface area (Å²) in [6, 6.07) is 20.8. The van der Waals surface area contributed by atoms with Crippen molar-refractivity contribution in [1.29, 1.82) is 0 Å². The third-order valence-corrected chi connectivity index (χ3v) is 5.04. The van der Waals surface area contributed by atoms with E-state index in [-0.39, 0.29) is 5.97 Å². The van der Waals surface area contributed by atoms with Gasteiger partial charge >= 0.3 is 5.97 Å². The molecular formula is C22H21NO4S. The van der Waals surface area contributed by atoms with Crippen LogP contribution in [0.5, 0.6) is 5.75 Å². The number of hydrogen-bond donors (Lipinski definition) is 1. The fraction of sp³-hybridized carbons (Fsp3) is 0.136. The summed E-state index contributed by atoms with van der Waals surface area (Å²) >= 11 is 0. The lowest BCUT2D eigenvalue weighted by atomic mass is 10.0. The second-order valence-corrected chi connectivity index (χ2v) is 7.23. The van der Waals surface area contributed by atoms with Crippen molar-refractivity contribution in [2.45, 2.75) is 13.3 Å². The number of carbonyl (C=O) groups excluding carboxylic acids is 1. The first kappa shape index (κ1) is 19.6. The minimum atomic E-state index is -2.74. The second kappa shape index (κ2) is 9.19. The molecule has 0 aliphatic heterocycles. The van der Waals surface area contributed by atoms with Crippen LogP contribution < -0.4 is 4.74 Å². The standard InChI is InChI=1S/C22H21NO4S/c1-17(24)27-22-12-6-10-20-19(9-5-11-21(20)22)14-16-23(28(25)26)15-13-18-7-3-2-4-8-18/h2-13,15,28H,14,16H2,1H3. The second-order valence-electron chi connectivity index (χ2n) is 6.24. The summed E-state index contributed by atoms with van der Waals surface area (Å²) in [5, 5.41) is 1.77. The van der Waals surface area contributed by atoms with E-state index in [1.54, 1.807) is 18.3 Å². The average molecular weight is 395 g/mol. The Morgan fingerprint density at radius 1 is 0.964 bits per heavy atom. The van der Waals surface area contributed by atoms with Crippen molar-refractivity contribution in [2.24, 2.45) is 0 Å². The van der Waals surface area contributed by atoms with Crippen LogP contribution in [0, 0.1) is 0 Å². The molecule has 144 valence electrons. The lowest BCUT2D eigenvalue weighted by molar-refractivity contribution is -0.131. The van der Waals surface area contributed by atoms with Gasteiger partial charge in [-0.2, -0.15) is 0 Å². The molecule has 0 aromatic heterocycles. The summed E-state index contributed by atoms with van der Waals surface area (Å²) in [5.41, 5.74) is 1.92. The van der Waals surface area contributed by atoms with Crippen LogP contribution in [0.3, 0.4) is 0 Å². The first-order valence-corrected chi connectivity index (χ1v) is 10.0. The van der Waals surface area contributed by atoms with E-state index in [2.05, 4.69) is 0 Å². The normalized spacial score (nSPS) is 11.2. The van der Waals surface area contributed by atoms with Crippen LogP contribution in [-0.4, -0.2) is 25.2 Å². The van der Waals surface area contributed by atoms with Crippen molar-refractivity contribution in [1.82, 2.24) is 4.31 Å². The molecule has 0 bridgehead atoms. The molecule has 0 heterocycles. The van der Waals surface area contributed by atoms with Gasteiger partial charge < -0.3 is 4.74 Å². The maximum Gasteiger partial charge on any atom is 0.308 e. The van der Waals surface area contributed by atoms with Crippen molar-refractivity contribution in [3.05, 3.63) is 84.1 Å². The maximum absolute atomic E-state index is 11.6. The SMILES string of the molecule is CC(=O)Oc1cccc2c(CCN(C=Cc3ccccc3)[SH](=O)=O)cccc12. The van der Waals surface area contributed by atoms with E-state index in [0.717, 1.165) is 21.9 Å². The Kier molecular flexibility index (Phi) is 6.45. The first-order valence-electron chi connectivity index (χ1n) is 8.88. The van der Waals surface area contributed by atoms with Gasteiger partial charge in [0.1, 0.15) is 5.75 Å². The Morgan fingerprint density at radius 3 is 2.39 bits per heavy atom. The van der Waals surface area contributed by atoms with Gasteiger partial charge in [-0.3, -0.25) is 9.10 Å². The van der Waals surface area contributed by atoms with Gasteiger partial charge in [0, 0.05) is 25.1 Å². The molecule has 0 radical (unpaired) electrons. The number of esters is 1. The molecule has 0 unspecified atom stereocenters. The third kappa shape index (κ3) is 4.98. The Morgan fingerprint density at radius 2 is 1.68 bits per heavy atom. The summed E-state index contributed by atoms with van der Waals surface area (Å²) < 4.78 is 29.8. The molecule has 0 aliphatic rings. The topological polar surface area (TPSA) is 63.7 Å². The van der Waals surface area contributed by atoms with Crippen LogP contribution in [0.15, 0.2) is 72.9 Å². The molecule has 0 fully saturated rings. The zero-order valence-electron chi connectivity index (χ0n) is 15.4. The predicted molar refractivity (Wildman–Crippen MR) is 111 cm³/mol. The van der Waals surface area contributed by atoms with E-state index >= 15 is 0 Å². The van der Waals surface area contributed by atoms with Crippen molar-refractivity contribution in [2.75, 3.05) is 6.54 Å². The number of hydrogen-bond acceptors (Lipinski definition) is 4. The number of rotatable bonds is 7. The highest BCUT2D eigenvalue weighted by Gasteiger charge is 2.09. The summed E-state index contributed by atoms with van der Waals surface area (Å²) in [7, 11) is -2.74. The number of benzene rings is 3. The smallest absolute Gasteiger partial charge is 0.308 e. The van der Waals surface area contributed by atoms with Crippen molar-refractivity contribution < 1.29 is 17.9 Å². The fourth-order valence-electron chi connectivity index (χ4n) is 2.99. The summed E-state index contributed by atoms with van der Waals surface area (Å²) in [6.07, 6.45) is 3.88. The molecular weight excluding hydrogens is 374 g/mol. The van der Waals surface area contributed by atoms with Crippen LogP contribution in [0.2, 0.25) is 0 Å². The highest BCUT2D eigenvalue weighted by atomic mass is 32.2. The summed E-state index contributed by atoms with van der Waals surface area (Å²) in [4.78, 5) is 11.3. The minimum Gasteiger partial charge on any atom is -0.426 e. The molecule has 6 heteroatoms. The van der Waals surface area contributed by atoms with Gasteiger partial charge in [-0.15, -0.1) is 0 Å². The van der Waals surface area contributed by atoms with Crippen molar-refractivity contribution >= 4 is 33.7 Å². The van der Waals surface area contributed by atoms with Crippen LogP contribution in [0.1, 0.15) is 18.1 Å². The molecule has 0 spiro atoms. The van der Waals surface area contributed by atoms with Crippen molar-refractivity contribution in [3.8, 4) is 5.75 Å². The molecule has 0 aliphatic carbocycles. The van der Waals surface area contributed by atoms with Gasteiger partial charge in [0.05, 0.1) is 0 Å². The minimum absolute atomic E-state index is 0.318. The lowest BCUT2D eigenvalue weighted by Crippen LogP contribution is -2.18. The van der Waals surface area contributed by atoms with Crippen LogP contribution in [0.25, 0.3) is 16.8 Å². The molecule has 3 aromatic carbocycles. The van der Waals surface area contributed by atoms with Crippen LogP contribution in [-0.2, 0) is 22.1 Å². The van der Waals surface area contributed by atoms with Gasteiger partial charge in [0.15, 0.2) is 0 Å². The molecule has 0 atom stereocenters. The molecule has 0 amide bonds. The number of nitrogens with zero attached hydrogens (tertiary/aromatic N) is 1. The number of carbonyl (C=O) groups is 1. The Hall–Kier alpha value is -3.12. The number of fused-ring (bicyclic) bond motifs is 1. The highest BCUT2D eigenvalue weighted by Crippen LogP contribution is 2.28. The third-order valence-electron chi connectivity index (χ3n) is 4.28. The van der Waals surface area contributed by atoms with E-state index in [9.17, 15) is 13.2 Å². The zero-order chi connectivity index (χ0) is 19.9. The number of ether oxygens (including phenoxy) is 1. The van der Waals surface area contributed by atoms with Gasteiger partial charge in [-0.05, 0) is 35.1 Å². The quantitative estimate of drug-likeness (QED) is 0.375. The zero-order valence-corrected chi connectivity index (χ0v) is 16.3. The Labute approximate surface area is 165 Å². The van der Waals surface area contributed by atoms with Crippen molar-refractivity contribution in [3.63, 3.8) is 0 Å². The van der Waals surface area contributed by atoms with Gasteiger partial charge in [-0.1, -0.05) is 60.7 Å². The molecule has 3 rings (SSSR count). The van der Waals surface area contributed by atoms with E-state index < -0.39 is 10.9 Å². The van der Waals surface area contributed by atoms with E-state index in [1.807, 2.05) is 60.7 Å². The monoisotopic (exact) mass is 395 g/mol. The molecule has 3 aromatic rings. The Bertz CT molecular complexity index is 1070. The molecule has 0 N–H and O–H groups in total. The average Bonchev–Trinajstić information content (AvgIpc) is 2.68. The largest absolute Gasteiger partial charge is 0.426 e. The van der Waals surface area contributed by atoms with Gasteiger partial charge in [0.2, 0.25) is 10.9 Å². The molecule has 5 nitrogen and oxygen atoms in total. The van der Waals surface area contributed by atoms with Gasteiger partial charge in [0.25, 0.3) is 0 Å². The number of thiol groups is 1. The molecule has 28 heavy (non-hydrogen) atoms. The fourth-order valence-corrected chi connectivity index (χ4v) is 3.43. The van der Waals surface area contributed by atoms with Gasteiger partial charge in [-0.25, -0.2) is 8.42 Å². The molecule has 0 saturated heterocycles. The highest BCUT2D eigenvalue weighted by molar-refractivity contribution is 7.70. The van der Waals surface area contributed by atoms with E-state index in [1.165, 1.54) is 11.2 Å². The van der Waals surface area contributed by atoms with Crippen LogP contribution >= 0.6 is 0 Å². The lowest BCUT2D eigenvalue weighted by Gasteiger charge is -2.14. The van der Waals surface area contributed by atoms with Crippen LogP contribution in [0.4, 0.5) is 0 Å². The predicted octanol–water partition coefficient (Wildman–Crippen LogP) is 3.81. The van der Waals surface area contributed by atoms with E-state index in [0.29, 0.717) is 18.7 Å². The first-order chi connectivity index (χ1) is 13.5. The Balaban J connectivity index is 1.81.